The van der Waals surface area contributed by atoms with E-state index in [1.807, 2.05) is 48.5 Å². The normalized spacial score (nSPS) is 17.1. The molecule has 1 amide bonds. The van der Waals surface area contributed by atoms with E-state index >= 15 is 0 Å². The highest BCUT2D eigenvalue weighted by Gasteiger charge is 2.28. The second kappa shape index (κ2) is 10.5. The molecule has 0 spiro atoms. The van der Waals surface area contributed by atoms with Gasteiger partial charge >= 0.3 is 0 Å². The molecule has 1 atom stereocenters. The predicted molar refractivity (Wildman–Crippen MR) is 119 cm³/mol. The highest BCUT2D eigenvalue weighted by Crippen LogP contribution is 2.12. The van der Waals surface area contributed by atoms with Gasteiger partial charge in [-0.2, -0.15) is 4.31 Å². The van der Waals surface area contributed by atoms with Gasteiger partial charge in [0.25, 0.3) is 5.91 Å². The zero-order valence-corrected chi connectivity index (χ0v) is 18.1. The number of piperazine rings is 1. The summed E-state index contributed by atoms with van der Waals surface area (Å²) in [6, 6.07) is 19.5. The summed E-state index contributed by atoms with van der Waals surface area (Å²) in [6.45, 7) is 5.15. The Bertz CT molecular complexity index is 938. The largest absolute Gasteiger partial charge is 0.351 e. The van der Waals surface area contributed by atoms with E-state index in [2.05, 4.69) is 24.4 Å². The number of carbonyl (C=O) groups is 1. The molecule has 0 aromatic heterocycles. The van der Waals surface area contributed by atoms with Crippen LogP contribution in [0.25, 0.3) is 6.08 Å². The molecule has 160 valence electrons. The van der Waals surface area contributed by atoms with Gasteiger partial charge in [0.2, 0.25) is 10.0 Å². The molecule has 2 aromatic carbocycles. The Morgan fingerprint density at radius 3 is 2.30 bits per heavy atom. The minimum atomic E-state index is -3.45. The number of hydrogen-bond donors (Lipinski definition) is 2. The Morgan fingerprint density at radius 1 is 1.07 bits per heavy atom. The summed E-state index contributed by atoms with van der Waals surface area (Å²) >= 11 is 0. The van der Waals surface area contributed by atoms with Gasteiger partial charge in [-0.15, -0.1) is 0 Å². The molecule has 0 radical (unpaired) electrons. The lowest BCUT2D eigenvalue weighted by Crippen LogP contribution is -3.15. The third-order valence-electron chi connectivity index (χ3n) is 5.41. The molecule has 6 nitrogen and oxygen atoms in total. The molecule has 2 aromatic rings. The van der Waals surface area contributed by atoms with Gasteiger partial charge in [0.15, 0.2) is 6.54 Å². The van der Waals surface area contributed by atoms with E-state index in [0.717, 1.165) is 10.5 Å². The Labute approximate surface area is 179 Å². The summed E-state index contributed by atoms with van der Waals surface area (Å²) in [6.07, 6.45) is 1.62. The van der Waals surface area contributed by atoms with Gasteiger partial charge in [-0.25, -0.2) is 8.42 Å². The topological polar surface area (TPSA) is 70.9 Å². The van der Waals surface area contributed by atoms with Gasteiger partial charge in [-0.1, -0.05) is 67.6 Å². The maximum atomic E-state index is 12.6. The number of nitrogens with one attached hydrogen (secondary N) is 2. The molecule has 1 aliphatic heterocycles. The lowest BCUT2D eigenvalue weighted by atomic mass is 10.0. The molecule has 3 rings (SSSR count). The summed E-state index contributed by atoms with van der Waals surface area (Å²) in [5, 5.41) is 4.27. The molecular formula is C23H30N3O3S+. The van der Waals surface area contributed by atoms with Crippen molar-refractivity contribution in [2.45, 2.75) is 12.8 Å². The van der Waals surface area contributed by atoms with E-state index in [4.69, 9.17) is 0 Å². The van der Waals surface area contributed by atoms with Crippen LogP contribution in [0.5, 0.6) is 0 Å². The number of quaternary nitrogens is 1. The molecule has 0 unspecified atom stereocenters. The summed E-state index contributed by atoms with van der Waals surface area (Å²) in [5.74, 6) is 0.261. The second-order valence-corrected chi connectivity index (χ2v) is 9.52. The van der Waals surface area contributed by atoms with Crippen LogP contribution >= 0.6 is 0 Å². The average molecular weight is 429 g/mol. The zero-order chi connectivity index (χ0) is 21.4. The fourth-order valence-electron chi connectivity index (χ4n) is 3.50. The lowest BCUT2D eigenvalue weighted by Gasteiger charge is -2.30. The van der Waals surface area contributed by atoms with Gasteiger partial charge < -0.3 is 10.2 Å². The van der Waals surface area contributed by atoms with E-state index in [1.54, 1.807) is 6.08 Å². The van der Waals surface area contributed by atoms with Gasteiger partial charge in [-0.05, 0) is 23.1 Å². The zero-order valence-electron chi connectivity index (χ0n) is 17.3. The van der Waals surface area contributed by atoms with Crippen molar-refractivity contribution in [2.75, 3.05) is 39.3 Å². The summed E-state index contributed by atoms with van der Waals surface area (Å²) in [4.78, 5) is 13.4. The number of sulfonamides is 1. The van der Waals surface area contributed by atoms with Crippen LogP contribution in [-0.4, -0.2) is 57.9 Å². The van der Waals surface area contributed by atoms with E-state index in [1.165, 1.54) is 15.3 Å². The van der Waals surface area contributed by atoms with Gasteiger partial charge in [-0.3, -0.25) is 4.79 Å². The summed E-state index contributed by atoms with van der Waals surface area (Å²) in [7, 11) is -3.45. The standard InChI is InChI=1S/C23H29N3O3S/c1-20(22-10-6-3-7-11-22)18-24-23(27)19-25-13-15-26(16-14-25)30(28,29)17-12-21-8-4-2-5-9-21/h2-12,17,20H,13-16,18-19H2,1H3,(H,24,27)/p+1/b17-12+/t20-/m1/s1. The summed E-state index contributed by atoms with van der Waals surface area (Å²) < 4.78 is 26.6. The Kier molecular flexibility index (Phi) is 7.79. The quantitative estimate of drug-likeness (QED) is 0.662. The number of nitrogens with zero attached hydrogens (tertiary/aromatic N) is 1. The molecule has 0 bridgehead atoms. The van der Waals surface area contributed by atoms with Crippen molar-refractivity contribution in [3.05, 3.63) is 77.2 Å². The van der Waals surface area contributed by atoms with Crippen molar-refractivity contribution in [3.8, 4) is 0 Å². The van der Waals surface area contributed by atoms with E-state index < -0.39 is 10.0 Å². The number of benzene rings is 2. The van der Waals surface area contributed by atoms with Crippen LogP contribution in [0.4, 0.5) is 0 Å². The lowest BCUT2D eigenvalue weighted by molar-refractivity contribution is -0.895. The number of amides is 1. The third-order valence-corrected chi connectivity index (χ3v) is 6.97. The summed E-state index contributed by atoms with van der Waals surface area (Å²) in [5.41, 5.74) is 2.05. The van der Waals surface area contributed by atoms with Crippen LogP contribution in [0.3, 0.4) is 0 Å². The van der Waals surface area contributed by atoms with Crippen LogP contribution < -0.4 is 10.2 Å². The third kappa shape index (κ3) is 6.52. The highest BCUT2D eigenvalue weighted by atomic mass is 32.2. The molecule has 1 aliphatic rings. The second-order valence-electron chi connectivity index (χ2n) is 7.70. The van der Waals surface area contributed by atoms with E-state index in [0.29, 0.717) is 39.3 Å². The van der Waals surface area contributed by atoms with Crippen LogP contribution in [-0.2, 0) is 14.8 Å². The smallest absolute Gasteiger partial charge is 0.275 e. The predicted octanol–water partition coefficient (Wildman–Crippen LogP) is 1.11. The Hall–Kier alpha value is -2.48. The fourth-order valence-corrected chi connectivity index (χ4v) is 4.70. The maximum Gasteiger partial charge on any atom is 0.275 e. The average Bonchev–Trinajstić information content (AvgIpc) is 2.78. The first kappa shape index (κ1) is 22.2. The van der Waals surface area contributed by atoms with Crippen LogP contribution in [0.15, 0.2) is 66.1 Å². The van der Waals surface area contributed by atoms with Crippen LogP contribution in [0, 0.1) is 0 Å². The minimum Gasteiger partial charge on any atom is -0.351 e. The van der Waals surface area contributed by atoms with Crippen LogP contribution in [0.1, 0.15) is 24.0 Å². The minimum absolute atomic E-state index is 0.00746. The molecule has 1 fully saturated rings. The van der Waals surface area contributed by atoms with Crippen molar-refractivity contribution in [2.24, 2.45) is 0 Å². The number of hydrogen-bond acceptors (Lipinski definition) is 3. The molecule has 1 heterocycles. The van der Waals surface area contributed by atoms with Gasteiger partial charge in [0.05, 0.1) is 26.2 Å². The first-order valence-electron chi connectivity index (χ1n) is 10.3. The van der Waals surface area contributed by atoms with Crippen molar-refractivity contribution in [1.29, 1.82) is 0 Å². The first-order chi connectivity index (χ1) is 14.4. The van der Waals surface area contributed by atoms with Crippen LogP contribution in [0.2, 0.25) is 0 Å². The van der Waals surface area contributed by atoms with Gasteiger partial charge in [0.1, 0.15) is 0 Å². The fraction of sp³-hybridized carbons (Fsp3) is 0.348. The SMILES string of the molecule is C[C@H](CNC(=O)C[NH+]1CCN(S(=O)(=O)/C=C/c2ccccc2)CC1)c1ccccc1. The van der Waals surface area contributed by atoms with Crippen molar-refractivity contribution in [3.63, 3.8) is 0 Å². The van der Waals surface area contributed by atoms with E-state index in [-0.39, 0.29) is 11.8 Å². The monoisotopic (exact) mass is 428 g/mol. The van der Waals surface area contributed by atoms with Crippen molar-refractivity contribution < 1.29 is 18.1 Å². The molecule has 0 aliphatic carbocycles. The molecule has 30 heavy (non-hydrogen) atoms. The van der Waals surface area contributed by atoms with Gasteiger partial charge in [0, 0.05) is 12.0 Å². The number of rotatable bonds is 8. The molecule has 2 N–H and O–H groups in total. The van der Waals surface area contributed by atoms with E-state index in [9.17, 15) is 13.2 Å². The van der Waals surface area contributed by atoms with Crippen molar-refractivity contribution in [1.82, 2.24) is 9.62 Å². The Balaban J connectivity index is 1.42. The molecule has 0 saturated carbocycles. The first-order valence-corrected chi connectivity index (χ1v) is 11.8. The Morgan fingerprint density at radius 2 is 1.67 bits per heavy atom. The van der Waals surface area contributed by atoms with Crippen molar-refractivity contribution >= 4 is 22.0 Å². The maximum absolute atomic E-state index is 12.6. The number of carbonyl (C=O) groups excluding carboxylic acids is 1. The highest BCUT2D eigenvalue weighted by molar-refractivity contribution is 7.92. The molecular weight excluding hydrogens is 398 g/mol. The molecule has 7 heteroatoms. The molecule has 1 saturated heterocycles.